The fourth-order valence-corrected chi connectivity index (χ4v) is 8.56. The minimum Gasteiger partial charge on any atom is -0.311 e. The van der Waals surface area contributed by atoms with Crippen LogP contribution in [0.5, 0.6) is 0 Å². The van der Waals surface area contributed by atoms with Gasteiger partial charge in [-0.1, -0.05) is 152 Å². The van der Waals surface area contributed by atoms with Crippen molar-refractivity contribution in [3.05, 3.63) is 206 Å². The lowest BCUT2D eigenvalue weighted by Crippen LogP contribution is -2.09. The summed E-state index contributed by atoms with van der Waals surface area (Å²) < 4.78 is 2.42. The summed E-state index contributed by atoms with van der Waals surface area (Å²) in [7, 11) is 0. The maximum atomic E-state index is 5.18. The quantitative estimate of drug-likeness (QED) is 0.156. The Bertz CT molecular complexity index is 2870. The normalized spacial score (nSPS) is 11.2. The Morgan fingerprint density at radius 3 is 1.32 bits per heavy atom. The molecule has 0 aliphatic rings. The Balaban J connectivity index is 1.10. The number of benzene rings is 8. The number of hydrogen-bond donors (Lipinski definition) is 0. The van der Waals surface area contributed by atoms with Crippen molar-refractivity contribution in [3.63, 3.8) is 0 Å². The third-order valence-corrected chi connectivity index (χ3v) is 11.2. The van der Waals surface area contributed by atoms with E-state index in [-0.39, 0.29) is 0 Å². The number of fused-ring (bicyclic) bond motifs is 3. The first-order valence-electron chi connectivity index (χ1n) is 18.7. The first kappa shape index (κ1) is 33.4. The van der Waals surface area contributed by atoms with Gasteiger partial charge in [-0.05, 0) is 76.9 Å². The second-order valence-corrected chi connectivity index (χ2v) is 14.7. The second-order valence-electron chi connectivity index (χ2n) is 13.7. The summed E-state index contributed by atoms with van der Waals surface area (Å²) in [5, 5.41) is 2.36. The zero-order chi connectivity index (χ0) is 37.3. The van der Waals surface area contributed by atoms with E-state index >= 15 is 0 Å². The van der Waals surface area contributed by atoms with Crippen LogP contribution in [-0.2, 0) is 0 Å². The topological polar surface area (TPSA) is 41.9 Å². The molecule has 0 fully saturated rings. The van der Waals surface area contributed by atoms with Gasteiger partial charge in [-0.15, -0.1) is 11.3 Å². The summed E-state index contributed by atoms with van der Waals surface area (Å²) in [5.41, 5.74) is 10.8. The highest BCUT2D eigenvalue weighted by Gasteiger charge is 2.19. The molecule has 10 aromatic rings. The molecule has 8 aromatic carbocycles. The zero-order valence-corrected chi connectivity index (χ0v) is 31.1. The van der Waals surface area contributed by atoms with Crippen LogP contribution in [0.15, 0.2) is 206 Å². The van der Waals surface area contributed by atoms with Crippen molar-refractivity contribution in [3.8, 4) is 56.4 Å². The van der Waals surface area contributed by atoms with Crippen LogP contribution >= 0.6 is 11.3 Å². The van der Waals surface area contributed by atoms with Gasteiger partial charge in [0.05, 0.1) is 0 Å². The van der Waals surface area contributed by atoms with Gasteiger partial charge in [0.1, 0.15) is 0 Å². The van der Waals surface area contributed by atoms with E-state index < -0.39 is 0 Å². The summed E-state index contributed by atoms with van der Waals surface area (Å²) in [6.07, 6.45) is 0. The Morgan fingerprint density at radius 1 is 0.321 bits per heavy atom. The summed E-state index contributed by atoms with van der Waals surface area (Å²) in [6, 6.07) is 72.2. The van der Waals surface area contributed by atoms with Crippen LogP contribution in [0.4, 0.5) is 17.1 Å². The first-order valence-corrected chi connectivity index (χ1v) is 19.5. The van der Waals surface area contributed by atoms with E-state index in [0.717, 1.165) is 50.3 Å². The van der Waals surface area contributed by atoms with Gasteiger partial charge in [-0.2, -0.15) is 0 Å². The van der Waals surface area contributed by atoms with E-state index in [4.69, 9.17) is 15.0 Å². The minimum absolute atomic E-state index is 0.648. The Hall–Kier alpha value is -7.21. The first-order chi connectivity index (χ1) is 27.7. The van der Waals surface area contributed by atoms with Crippen LogP contribution in [0, 0.1) is 0 Å². The Kier molecular flexibility index (Phi) is 8.67. The van der Waals surface area contributed by atoms with E-state index in [2.05, 4.69) is 175 Å². The van der Waals surface area contributed by atoms with Crippen molar-refractivity contribution in [2.45, 2.75) is 0 Å². The lowest BCUT2D eigenvalue weighted by molar-refractivity contribution is 1.08. The average molecular weight is 735 g/mol. The Morgan fingerprint density at radius 2 is 0.750 bits per heavy atom. The highest BCUT2D eigenvalue weighted by Crippen LogP contribution is 2.43. The molecule has 0 bridgehead atoms. The SMILES string of the molecule is c1ccc(-c2ccc(N(c3ccccc3)c3ccc(-c4cc(-c5nc(-c6ccccc6)nc(-c6ccccc6)n5)c5c(c4)sc4ccccc45)cc3)cc2)cc1. The highest BCUT2D eigenvalue weighted by molar-refractivity contribution is 7.26. The van der Waals surface area contributed by atoms with Crippen LogP contribution in [0.1, 0.15) is 0 Å². The smallest absolute Gasteiger partial charge is 0.164 e. The van der Waals surface area contributed by atoms with Crippen LogP contribution in [0.3, 0.4) is 0 Å². The van der Waals surface area contributed by atoms with Gasteiger partial charge in [0.25, 0.3) is 0 Å². The molecule has 264 valence electrons. The molecule has 4 nitrogen and oxygen atoms in total. The Labute approximate surface area is 329 Å². The number of rotatable bonds is 8. The van der Waals surface area contributed by atoms with Gasteiger partial charge in [0, 0.05) is 53.9 Å². The number of aromatic nitrogens is 3. The lowest BCUT2D eigenvalue weighted by atomic mass is 9.98. The lowest BCUT2D eigenvalue weighted by Gasteiger charge is -2.26. The molecule has 0 N–H and O–H groups in total. The number of nitrogens with zero attached hydrogens (tertiary/aromatic N) is 4. The molecule has 0 spiro atoms. The van der Waals surface area contributed by atoms with Crippen LogP contribution in [0.25, 0.3) is 76.6 Å². The molecule has 0 aliphatic carbocycles. The standard InChI is InChI=1S/C51H34N4S/c1-5-15-35(16-6-1)36-25-29-42(30-26-36)55(41-21-11-4-12-22-41)43-31-27-37(28-32-43)40-33-45(48-44-23-13-14-24-46(44)56-47(48)34-40)51-53-49(38-17-7-2-8-18-38)52-50(54-51)39-19-9-3-10-20-39/h1-34H. The molecule has 0 saturated heterocycles. The largest absolute Gasteiger partial charge is 0.311 e. The number of para-hydroxylation sites is 1. The van der Waals surface area contributed by atoms with E-state index in [1.165, 1.54) is 25.9 Å². The molecular weight excluding hydrogens is 701 g/mol. The van der Waals surface area contributed by atoms with Crippen LogP contribution in [0.2, 0.25) is 0 Å². The summed E-state index contributed by atoms with van der Waals surface area (Å²) in [5.74, 6) is 1.95. The minimum atomic E-state index is 0.648. The van der Waals surface area contributed by atoms with Crippen LogP contribution in [-0.4, -0.2) is 15.0 Å². The van der Waals surface area contributed by atoms with E-state index in [0.29, 0.717) is 17.5 Å². The van der Waals surface area contributed by atoms with Gasteiger partial charge < -0.3 is 4.90 Å². The van der Waals surface area contributed by atoms with Crippen molar-refractivity contribution in [1.82, 2.24) is 15.0 Å². The molecule has 0 saturated carbocycles. The average Bonchev–Trinajstić information content (AvgIpc) is 3.66. The predicted molar refractivity (Wildman–Crippen MR) is 235 cm³/mol. The van der Waals surface area contributed by atoms with Gasteiger partial charge >= 0.3 is 0 Å². The summed E-state index contributed by atoms with van der Waals surface area (Å²) >= 11 is 1.80. The molecule has 56 heavy (non-hydrogen) atoms. The third-order valence-electron chi connectivity index (χ3n) is 10.1. The molecule has 2 heterocycles. The monoisotopic (exact) mass is 734 g/mol. The molecule has 2 aromatic heterocycles. The molecule has 0 aliphatic heterocycles. The fourth-order valence-electron chi connectivity index (χ4n) is 7.39. The number of thiophene rings is 1. The van der Waals surface area contributed by atoms with E-state index in [1.54, 1.807) is 11.3 Å². The second kappa shape index (κ2) is 14.6. The molecular formula is C51H34N4S. The van der Waals surface area contributed by atoms with Crippen molar-refractivity contribution in [2.24, 2.45) is 0 Å². The highest BCUT2D eigenvalue weighted by atomic mass is 32.1. The van der Waals surface area contributed by atoms with Crippen molar-refractivity contribution in [2.75, 3.05) is 4.90 Å². The molecule has 5 heteroatoms. The number of anilines is 3. The van der Waals surface area contributed by atoms with E-state index in [1.807, 2.05) is 36.4 Å². The molecule has 0 atom stereocenters. The van der Waals surface area contributed by atoms with Gasteiger partial charge in [0.15, 0.2) is 17.5 Å². The summed E-state index contributed by atoms with van der Waals surface area (Å²) in [4.78, 5) is 17.6. The van der Waals surface area contributed by atoms with Crippen LogP contribution < -0.4 is 4.90 Å². The fraction of sp³-hybridized carbons (Fsp3) is 0. The molecule has 0 radical (unpaired) electrons. The van der Waals surface area contributed by atoms with Crippen molar-refractivity contribution in [1.29, 1.82) is 0 Å². The van der Waals surface area contributed by atoms with Gasteiger partial charge in [-0.25, -0.2) is 15.0 Å². The summed E-state index contributed by atoms with van der Waals surface area (Å²) in [6.45, 7) is 0. The third kappa shape index (κ3) is 6.40. The zero-order valence-electron chi connectivity index (χ0n) is 30.3. The molecule has 0 unspecified atom stereocenters. The number of hydrogen-bond acceptors (Lipinski definition) is 5. The van der Waals surface area contributed by atoms with Crippen molar-refractivity contribution < 1.29 is 0 Å². The maximum Gasteiger partial charge on any atom is 0.164 e. The molecule has 10 rings (SSSR count). The van der Waals surface area contributed by atoms with Gasteiger partial charge in [0.2, 0.25) is 0 Å². The van der Waals surface area contributed by atoms with Crippen molar-refractivity contribution >= 4 is 48.6 Å². The predicted octanol–water partition coefficient (Wildman–Crippen LogP) is 14.0. The van der Waals surface area contributed by atoms with Gasteiger partial charge in [-0.3, -0.25) is 0 Å². The van der Waals surface area contributed by atoms with E-state index in [9.17, 15) is 0 Å². The maximum absolute atomic E-state index is 5.18. The molecule has 0 amide bonds.